The van der Waals surface area contributed by atoms with Gasteiger partial charge in [0.1, 0.15) is 11.8 Å². The van der Waals surface area contributed by atoms with Crippen molar-refractivity contribution in [1.82, 2.24) is 5.32 Å². The molecule has 2 heterocycles. The van der Waals surface area contributed by atoms with Gasteiger partial charge in [-0.05, 0) is 48.2 Å². The van der Waals surface area contributed by atoms with Crippen LogP contribution in [0, 0.1) is 0 Å². The zero-order valence-electron chi connectivity index (χ0n) is 16.6. The fourth-order valence-corrected chi connectivity index (χ4v) is 4.23. The summed E-state index contributed by atoms with van der Waals surface area (Å²) in [5, 5.41) is 7.02. The summed E-state index contributed by atoms with van der Waals surface area (Å²) in [6.45, 7) is -2.91. The van der Waals surface area contributed by atoms with E-state index in [2.05, 4.69) is 15.4 Å². The Labute approximate surface area is 181 Å². The first kappa shape index (κ1) is 19.9. The predicted molar refractivity (Wildman–Crippen MR) is 113 cm³/mol. The average molecular weight is 437 g/mol. The minimum absolute atomic E-state index is 0.0241. The summed E-state index contributed by atoms with van der Waals surface area (Å²) in [5.41, 5.74) is 2.12. The van der Waals surface area contributed by atoms with Crippen molar-refractivity contribution in [3.05, 3.63) is 60.2 Å². The van der Waals surface area contributed by atoms with Crippen LogP contribution >= 0.6 is 0 Å². The molecule has 2 aliphatic rings. The molecule has 3 amide bonds. The van der Waals surface area contributed by atoms with E-state index in [0.717, 1.165) is 5.39 Å². The fraction of sp³-hybridized carbons (Fsp3) is 0.174. The number of alkyl halides is 2. The van der Waals surface area contributed by atoms with Gasteiger partial charge in [-0.25, -0.2) is 0 Å². The lowest BCUT2D eigenvalue weighted by Gasteiger charge is -2.30. The molecule has 0 radical (unpaired) electrons. The van der Waals surface area contributed by atoms with E-state index in [-0.39, 0.29) is 30.4 Å². The number of benzene rings is 3. The monoisotopic (exact) mass is 437 g/mol. The molecular weight excluding hydrogens is 420 g/mol. The lowest BCUT2D eigenvalue weighted by Crippen LogP contribution is -2.53. The molecule has 1 atom stereocenters. The van der Waals surface area contributed by atoms with Gasteiger partial charge in [-0.15, -0.1) is 0 Å². The summed E-state index contributed by atoms with van der Waals surface area (Å²) in [5.74, 6) is -1.17. The van der Waals surface area contributed by atoms with Crippen LogP contribution in [-0.2, 0) is 9.59 Å². The molecule has 1 fully saturated rings. The number of amides is 3. The molecule has 0 aliphatic carbocycles. The van der Waals surface area contributed by atoms with Crippen LogP contribution in [0.25, 0.3) is 10.8 Å². The fourth-order valence-electron chi connectivity index (χ4n) is 4.23. The van der Waals surface area contributed by atoms with Gasteiger partial charge in [0.25, 0.3) is 5.91 Å². The van der Waals surface area contributed by atoms with Gasteiger partial charge >= 0.3 is 6.61 Å². The molecule has 3 aromatic carbocycles. The van der Waals surface area contributed by atoms with Crippen LogP contribution in [-0.4, -0.2) is 30.4 Å². The first-order valence-electron chi connectivity index (χ1n) is 9.97. The number of carbonyl (C=O) groups excluding carboxylic acids is 3. The summed E-state index contributed by atoms with van der Waals surface area (Å²) in [7, 11) is 0. The molecule has 0 saturated carbocycles. The number of hydrogen-bond acceptors (Lipinski definition) is 5. The van der Waals surface area contributed by atoms with E-state index in [0.29, 0.717) is 28.0 Å². The molecule has 162 valence electrons. The molecule has 9 heteroatoms. The summed E-state index contributed by atoms with van der Waals surface area (Å²) < 4.78 is 29.1. The largest absolute Gasteiger partial charge is 0.435 e. The van der Waals surface area contributed by atoms with E-state index in [1.54, 1.807) is 24.3 Å². The minimum Gasteiger partial charge on any atom is -0.435 e. The van der Waals surface area contributed by atoms with Crippen LogP contribution in [0.4, 0.5) is 25.8 Å². The first-order valence-corrected chi connectivity index (χ1v) is 9.97. The topological polar surface area (TPSA) is 87.7 Å². The highest BCUT2D eigenvalue weighted by Gasteiger charge is 2.41. The Kier molecular flexibility index (Phi) is 4.73. The normalized spacial score (nSPS) is 17.8. The molecule has 0 bridgehead atoms. The average Bonchev–Trinajstić information content (AvgIpc) is 3.05. The van der Waals surface area contributed by atoms with Gasteiger partial charge in [0, 0.05) is 17.5 Å². The molecule has 0 aromatic heterocycles. The first-order chi connectivity index (χ1) is 15.4. The van der Waals surface area contributed by atoms with Crippen molar-refractivity contribution in [3.8, 4) is 5.75 Å². The molecule has 7 nitrogen and oxygen atoms in total. The van der Waals surface area contributed by atoms with Crippen molar-refractivity contribution in [1.29, 1.82) is 0 Å². The summed E-state index contributed by atoms with van der Waals surface area (Å²) >= 11 is 0. The Morgan fingerprint density at radius 2 is 1.81 bits per heavy atom. The highest BCUT2D eigenvalue weighted by atomic mass is 19.3. The van der Waals surface area contributed by atoms with Gasteiger partial charge in [-0.2, -0.15) is 8.78 Å². The molecule has 1 saturated heterocycles. The third kappa shape index (κ3) is 3.31. The number of carbonyl (C=O) groups is 3. The number of imide groups is 1. The van der Waals surface area contributed by atoms with Crippen LogP contribution in [0.3, 0.4) is 0 Å². The van der Waals surface area contributed by atoms with Crippen LogP contribution in [0.1, 0.15) is 23.2 Å². The van der Waals surface area contributed by atoms with Crippen LogP contribution in [0.5, 0.6) is 5.75 Å². The SMILES string of the molecule is O=C1CCC(N2C(=O)c3c(Nc4ccc(OC(F)F)cc4)ccc4cccc2c34)C(=O)N1. The number of anilines is 3. The van der Waals surface area contributed by atoms with Crippen LogP contribution in [0.2, 0.25) is 0 Å². The molecule has 32 heavy (non-hydrogen) atoms. The van der Waals surface area contributed by atoms with Gasteiger partial charge in [0.15, 0.2) is 0 Å². The quantitative estimate of drug-likeness (QED) is 0.591. The second-order valence-electron chi connectivity index (χ2n) is 7.53. The van der Waals surface area contributed by atoms with Crippen molar-refractivity contribution in [2.24, 2.45) is 0 Å². The zero-order chi connectivity index (χ0) is 22.4. The van der Waals surface area contributed by atoms with Crippen molar-refractivity contribution < 1.29 is 27.9 Å². The third-order valence-electron chi connectivity index (χ3n) is 5.60. The van der Waals surface area contributed by atoms with Crippen molar-refractivity contribution in [3.63, 3.8) is 0 Å². The van der Waals surface area contributed by atoms with Crippen LogP contribution in [0.15, 0.2) is 54.6 Å². The summed E-state index contributed by atoms with van der Waals surface area (Å²) in [4.78, 5) is 39.0. The van der Waals surface area contributed by atoms with Gasteiger partial charge in [0.2, 0.25) is 11.8 Å². The Balaban J connectivity index is 1.52. The number of nitrogens with one attached hydrogen (secondary N) is 2. The number of hydrogen-bond donors (Lipinski definition) is 2. The maximum absolute atomic E-state index is 13.5. The summed E-state index contributed by atoms with van der Waals surface area (Å²) in [6.07, 6.45) is 0.403. The highest BCUT2D eigenvalue weighted by Crippen LogP contribution is 2.43. The Bertz CT molecular complexity index is 1260. The molecule has 2 N–H and O–H groups in total. The van der Waals surface area contributed by atoms with Gasteiger partial charge < -0.3 is 10.1 Å². The molecular formula is C23H17F2N3O4. The number of rotatable bonds is 5. The van der Waals surface area contributed by atoms with E-state index in [1.807, 2.05) is 18.2 Å². The standard InChI is InChI=1S/C23H17F2N3O4/c24-23(25)32-14-7-5-13(6-8-14)26-15-9-4-12-2-1-3-16-19(12)20(15)22(31)28(16)17-10-11-18(29)27-21(17)30/h1-9,17,23,26H,10-11H2,(H,27,29,30). The van der Waals surface area contributed by atoms with E-state index < -0.39 is 18.6 Å². The minimum atomic E-state index is -2.91. The second-order valence-corrected chi connectivity index (χ2v) is 7.53. The number of halogens is 2. The Morgan fingerprint density at radius 1 is 1.03 bits per heavy atom. The molecule has 0 spiro atoms. The Morgan fingerprint density at radius 3 is 2.53 bits per heavy atom. The molecule has 1 unspecified atom stereocenters. The van der Waals surface area contributed by atoms with Crippen LogP contribution < -0.4 is 20.3 Å². The third-order valence-corrected chi connectivity index (χ3v) is 5.60. The zero-order valence-corrected chi connectivity index (χ0v) is 16.6. The van der Waals surface area contributed by atoms with Gasteiger partial charge in [0.05, 0.1) is 16.9 Å². The van der Waals surface area contributed by atoms with Gasteiger partial charge in [-0.1, -0.05) is 18.2 Å². The number of nitrogens with zero attached hydrogens (tertiary/aromatic N) is 1. The number of ether oxygens (including phenoxy) is 1. The molecule has 3 aromatic rings. The Hall–Kier alpha value is -4.01. The van der Waals surface area contributed by atoms with Gasteiger partial charge in [-0.3, -0.25) is 24.6 Å². The highest BCUT2D eigenvalue weighted by molar-refractivity contribution is 6.29. The van der Waals surface area contributed by atoms with E-state index in [4.69, 9.17) is 0 Å². The van der Waals surface area contributed by atoms with E-state index in [9.17, 15) is 23.2 Å². The lowest BCUT2D eigenvalue weighted by molar-refractivity contribution is -0.134. The van der Waals surface area contributed by atoms with E-state index in [1.165, 1.54) is 17.0 Å². The predicted octanol–water partition coefficient (Wildman–Crippen LogP) is 3.95. The van der Waals surface area contributed by atoms with Crippen molar-refractivity contribution in [2.75, 3.05) is 10.2 Å². The van der Waals surface area contributed by atoms with E-state index >= 15 is 0 Å². The molecule has 5 rings (SSSR count). The second kappa shape index (κ2) is 7.60. The van der Waals surface area contributed by atoms with Crippen molar-refractivity contribution >= 4 is 45.6 Å². The maximum atomic E-state index is 13.5. The lowest BCUT2D eigenvalue weighted by atomic mass is 10.0. The van der Waals surface area contributed by atoms with Crippen molar-refractivity contribution in [2.45, 2.75) is 25.5 Å². The molecule has 2 aliphatic heterocycles. The summed E-state index contributed by atoms with van der Waals surface area (Å²) in [6, 6.07) is 14.2. The maximum Gasteiger partial charge on any atom is 0.387 e. The smallest absolute Gasteiger partial charge is 0.387 e. The number of piperidine rings is 1.